The third kappa shape index (κ3) is 6.86. The molecule has 0 fully saturated rings. The first kappa shape index (κ1) is 22.3. The fourth-order valence-corrected chi connectivity index (χ4v) is 3.96. The molecule has 1 amide bonds. The van der Waals surface area contributed by atoms with Gasteiger partial charge in [0, 0.05) is 35.7 Å². The molecular weight excluding hydrogens is 372 g/mol. The summed E-state index contributed by atoms with van der Waals surface area (Å²) in [6.45, 7) is 8.55. The molecular formula is C22H30N2O3S. The number of rotatable bonds is 10. The molecule has 0 atom stereocenters. The second kappa shape index (κ2) is 11.1. The second-order valence-electron chi connectivity index (χ2n) is 7.23. The summed E-state index contributed by atoms with van der Waals surface area (Å²) in [4.78, 5) is 13.5. The monoisotopic (exact) mass is 402 g/mol. The van der Waals surface area contributed by atoms with Gasteiger partial charge in [-0.25, -0.2) is 4.31 Å². The standard InChI is InChI=1S/C22H30N2O3S/c1-16(2)14-24(28-19-10-8-18(15-25)9-11-19)13-5-12-23-22(27)20-6-4-7-21(26)17(20)3/h4,6-11,16,25-26H,5,12-15H2,1-3H3,(H,23,27). The van der Waals surface area contributed by atoms with Gasteiger partial charge in [0.05, 0.1) is 6.61 Å². The third-order valence-corrected chi connectivity index (χ3v) is 5.40. The molecule has 0 spiro atoms. The molecule has 2 aromatic rings. The fourth-order valence-electron chi connectivity index (χ4n) is 2.81. The van der Waals surface area contributed by atoms with Crippen LogP contribution < -0.4 is 5.32 Å². The van der Waals surface area contributed by atoms with Crippen LogP contribution in [0.15, 0.2) is 47.4 Å². The molecule has 0 bridgehead atoms. The predicted molar refractivity (Wildman–Crippen MR) is 114 cm³/mol. The van der Waals surface area contributed by atoms with Crippen molar-refractivity contribution >= 4 is 17.9 Å². The number of aliphatic hydroxyl groups excluding tert-OH is 1. The van der Waals surface area contributed by atoms with E-state index in [1.807, 2.05) is 24.3 Å². The number of nitrogens with one attached hydrogen (secondary N) is 1. The first-order chi connectivity index (χ1) is 13.4. The van der Waals surface area contributed by atoms with Crippen molar-refractivity contribution in [3.63, 3.8) is 0 Å². The van der Waals surface area contributed by atoms with Crippen molar-refractivity contribution in [2.24, 2.45) is 5.92 Å². The van der Waals surface area contributed by atoms with Crippen LogP contribution in [-0.4, -0.2) is 40.1 Å². The summed E-state index contributed by atoms with van der Waals surface area (Å²) in [7, 11) is 0. The van der Waals surface area contributed by atoms with Gasteiger partial charge in [-0.3, -0.25) is 4.79 Å². The summed E-state index contributed by atoms with van der Waals surface area (Å²) in [6.07, 6.45) is 0.831. The van der Waals surface area contributed by atoms with Crippen molar-refractivity contribution in [2.45, 2.75) is 38.7 Å². The van der Waals surface area contributed by atoms with E-state index in [1.54, 1.807) is 37.1 Å². The number of aliphatic hydroxyl groups is 1. The van der Waals surface area contributed by atoms with Crippen LogP contribution in [0.2, 0.25) is 0 Å². The molecule has 0 aliphatic carbocycles. The van der Waals surface area contributed by atoms with E-state index >= 15 is 0 Å². The molecule has 2 rings (SSSR count). The van der Waals surface area contributed by atoms with Gasteiger partial charge in [-0.1, -0.05) is 32.0 Å². The highest BCUT2D eigenvalue weighted by atomic mass is 32.2. The highest BCUT2D eigenvalue weighted by Gasteiger charge is 2.12. The molecule has 0 unspecified atom stereocenters. The predicted octanol–water partition coefficient (Wildman–Crippen LogP) is 3.98. The number of hydrogen-bond donors (Lipinski definition) is 3. The van der Waals surface area contributed by atoms with Crippen LogP contribution in [-0.2, 0) is 6.61 Å². The lowest BCUT2D eigenvalue weighted by Gasteiger charge is -2.23. The molecule has 0 aromatic heterocycles. The van der Waals surface area contributed by atoms with E-state index in [4.69, 9.17) is 5.11 Å². The van der Waals surface area contributed by atoms with Crippen LogP contribution in [0.5, 0.6) is 5.75 Å². The summed E-state index contributed by atoms with van der Waals surface area (Å²) >= 11 is 1.70. The smallest absolute Gasteiger partial charge is 0.251 e. The molecule has 0 saturated heterocycles. The Hall–Kier alpha value is -2.02. The number of aromatic hydroxyl groups is 1. The van der Waals surface area contributed by atoms with E-state index < -0.39 is 0 Å². The second-order valence-corrected chi connectivity index (χ2v) is 8.40. The van der Waals surface area contributed by atoms with E-state index in [2.05, 4.69) is 23.5 Å². The maximum Gasteiger partial charge on any atom is 0.251 e. The van der Waals surface area contributed by atoms with Crippen molar-refractivity contribution in [3.05, 3.63) is 59.2 Å². The van der Waals surface area contributed by atoms with E-state index in [1.165, 1.54) is 0 Å². The van der Waals surface area contributed by atoms with Crippen LogP contribution in [0, 0.1) is 12.8 Å². The zero-order valence-corrected chi connectivity index (χ0v) is 17.6. The van der Waals surface area contributed by atoms with E-state index in [9.17, 15) is 9.90 Å². The van der Waals surface area contributed by atoms with Gasteiger partial charge in [-0.05, 0) is 61.0 Å². The maximum atomic E-state index is 12.3. The Morgan fingerprint density at radius 2 is 1.89 bits per heavy atom. The quantitative estimate of drug-likeness (QED) is 0.414. The molecule has 6 heteroatoms. The van der Waals surface area contributed by atoms with E-state index in [0.717, 1.165) is 30.0 Å². The number of amides is 1. The van der Waals surface area contributed by atoms with Crippen LogP contribution in [0.25, 0.3) is 0 Å². The Labute approximate surface area is 171 Å². The Bertz CT molecular complexity index is 763. The van der Waals surface area contributed by atoms with Crippen LogP contribution >= 0.6 is 11.9 Å². The molecule has 0 radical (unpaired) electrons. The molecule has 152 valence electrons. The number of hydrogen-bond acceptors (Lipinski definition) is 5. The maximum absolute atomic E-state index is 12.3. The Balaban J connectivity index is 1.85. The number of phenolic OH excluding ortho intramolecular Hbond substituents is 1. The van der Waals surface area contributed by atoms with Gasteiger partial charge in [0.2, 0.25) is 0 Å². The molecule has 0 heterocycles. The van der Waals surface area contributed by atoms with Gasteiger partial charge < -0.3 is 15.5 Å². The lowest BCUT2D eigenvalue weighted by Crippen LogP contribution is -2.29. The first-order valence-corrected chi connectivity index (χ1v) is 10.4. The highest BCUT2D eigenvalue weighted by molar-refractivity contribution is 7.97. The van der Waals surface area contributed by atoms with E-state index in [-0.39, 0.29) is 18.3 Å². The van der Waals surface area contributed by atoms with Crippen molar-refractivity contribution in [1.29, 1.82) is 0 Å². The lowest BCUT2D eigenvalue weighted by atomic mass is 10.1. The Morgan fingerprint density at radius 3 is 2.54 bits per heavy atom. The SMILES string of the molecule is Cc1c(O)cccc1C(=O)NCCCN(CC(C)C)Sc1ccc(CO)cc1. The van der Waals surface area contributed by atoms with Crippen LogP contribution in [0.4, 0.5) is 0 Å². The van der Waals surface area contributed by atoms with Gasteiger partial charge in [-0.15, -0.1) is 0 Å². The van der Waals surface area contributed by atoms with Gasteiger partial charge in [0.1, 0.15) is 5.75 Å². The highest BCUT2D eigenvalue weighted by Crippen LogP contribution is 2.24. The molecule has 0 aliphatic heterocycles. The Kier molecular flexibility index (Phi) is 8.83. The summed E-state index contributed by atoms with van der Waals surface area (Å²) in [5.41, 5.74) is 2.02. The van der Waals surface area contributed by atoms with Crippen molar-refractivity contribution in [2.75, 3.05) is 19.6 Å². The van der Waals surface area contributed by atoms with Gasteiger partial charge in [0.15, 0.2) is 0 Å². The first-order valence-electron chi connectivity index (χ1n) is 9.60. The molecule has 3 N–H and O–H groups in total. The summed E-state index contributed by atoms with van der Waals surface area (Å²) in [5, 5.41) is 21.9. The topological polar surface area (TPSA) is 72.8 Å². The number of nitrogens with zero attached hydrogens (tertiary/aromatic N) is 1. The molecule has 0 aliphatic rings. The molecule has 0 saturated carbocycles. The summed E-state index contributed by atoms with van der Waals surface area (Å²) in [5.74, 6) is 0.518. The molecule has 5 nitrogen and oxygen atoms in total. The summed E-state index contributed by atoms with van der Waals surface area (Å²) in [6, 6.07) is 12.9. The normalized spacial score (nSPS) is 11.2. The molecule has 28 heavy (non-hydrogen) atoms. The van der Waals surface area contributed by atoms with Crippen molar-refractivity contribution < 1.29 is 15.0 Å². The zero-order valence-electron chi connectivity index (χ0n) is 16.8. The number of benzene rings is 2. The fraction of sp³-hybridized carbons (Fsp3) is 0.409. The Morgan fingerprint density at radius 1 is 1.18 bits per heavy atom. The van der Waals surface area contributed by atoms with E-state index in [0.29, 0.717) is 23.6 Å². The number of carbonyl (C=O) groups is 1. The van der Waals surface area contributed by atoms with Crippen LogP contribution in [0.3, 0.4) is 0 Å². The zero-order chi connectivity index (χ0) is 20.5. The number of carbonyl (C=O) groups excluding carboxylic acids is 1. The minimum Gasteiger partial charge on any atom is -0.508 e. The molecule has 2 aromatic carbocycles. The average molecular weight is 403 g/mol. The van der Waals surface area contributed by atoms with Crippen molar-refractivity contribution in [3.8, 4) is 5.75 Å². The van der Waals surface area contributed by atoms with Gasteiger partial charge in [-0.2, -0.15) is 0 Å². The average Bonchev–Trinajstić information content (AvgIpc) is 2.67. The third-order valence-electron chi connectivity index (χ3n) is 4.33. The lowest BCUT2D eigenvalue weighted by molar-refractivity contribution is 0.0951. The number of phenols is 1. The minimum atomic E-state index is -0.156. The van der Waals surface area contributed by atoms with Crippen molar-refractivity contribution in [1.82, 2.24) is 9.62 Å². The van der Waals surface area contributed by atoms with Gasteiger partial charge in [0.25, 0.3) is 5.91 Å². The van der Waals surface area contributed by atoms with Gasteiger partial charge >= 0.3 is 0 Å². The van der Waals surface area contributed by atoms with Crippen LogP contribution in [0.1, 0.15) is 41.8 Å². The summed E-state index contributed by atoms with van der Waals surface area (Å²) < 4.78 is 2.31. The minimum absolute atomic E-state index is 0.0546. The largest absolute Gasteiger partial charge is 0.508 e.